The molecule has 132 valence electrons. The van der Waals surface area contributed by atoms with Gasteiger partial charge in [-0.1, -0.05) is 23.9 Å². The van der Waals surface area contributed by atoms with Gasteiger partial charge in [-0.25, -0.2) is 9.97 Å². The molecule has 0 saturated heterocycles. The maximum absolute atomic E-state index is 12.3. The summed E-state index contributed by atoms with van der Waals surface area (Å²) in [5.41, 5.74) is 1.58. The van der Waals surface area contributed by atoms with Gasteiger partial charge in [0, 0.05) is 5.39 Å². The van der Waals surface area contributed by atoms with Gasteiger partial charge >= 0.3 is 0 Å². The summed E-state index contributed by atoms with van der Waals surface area (Å²) in [4.78, 5) is 21.4. The molecule has 1 amide bonds. The molecule has 4 aromatic rings. The van der Waals surface area contributed by atoms with E-state index in [0.717, 1.165) is 22.3 Å². The number of nitrogens with one attached hydrogen (secondary N) is 1. The minimum Gasteiger partial charge on any atom is -0.467 e. The number of aromatic nitrogens is 4. The van der Waals surface area contributed by atoms with Gasteiger partial charge in [-0.2, -0.15) is 4.52 Å². The molecule has 0 bridgehead atoms. The lowest BCUT2D eigenvalue weighted by atomic mass is 10.2. The summed E-state index contributed by atoms with van der Waals surface area (Å²) in [7, 11) is 0. The zero-order valence-corrected chi connectivity index (χ0v) is 15.2. The quantitative estimate of drug-likeness (QED) is 0.431. The van der Waals surface area contributed by atoms with Crippen molar-refractivity contribution in [2.24, 2.45) is 0 Å². The smallest absolute Gasteiger partial charge is 0.231 e. The highest BCUT2D eigenvalue weighted by Crippen LogP contribution is 2.24. The van der Waals surface area contributed by atoms with Crippen LogP contribution in [0.2, 0.25) is 0 Å². The van der Waals surface area contributed by atoms with Crippen LogP contribution in [0.25, 0.3) is 16.6 Å². The number of rotatable bonds is 5. The van der Waals surface area contributed by atoms with Crippen molar-refractivity contribution in [2.45, 2.75) is 25.0 Å². The Bertz CT molecular complexity index is 1070. The van der Waals surface area contributed by atoms with Gasteiger partial charge in [-0.15, -0.1) is 5.10 Å². The Morgan fingerprint density at radius 3 is 2.92 bits per heavy atom. The summed E-state index contributed by atoms with van der Waals surface area (Å²) < 4.78 is 7.01. The first-order valence-corrected chi connectivity index (χ1v) is 9.18. The van der Waals surface area contributed by atoms with E-state index in [1.165, 1.54) is 11.8 Å². The summed E-state index contributed by atoms with van der Waals surface area (Å²) in [5, 5.41) is 8.91. The lowest BCUT2D eigenvalue weighted by molar-refractivity contribution is -0.119. The van der Waals surface area contributed by atoms with Crippen LogP contribution in [0.4, 0.5) is 0 Å². The third-order valence-electron chi connectivity index (χ3n) is 3.94. The topological polar surface area (TPSA) is 85.3 Å². The van der Waals surface area contributed by atoms with Gasteiger partial charge in [0.15, 0.2) is 10.8 Å². The third kappa shape index (κ3) is 3.15. The first kappa shape index (κ1) is 16.6. The van der Waals surface area contributed by atoms with Gasteiger partial charge in [-0.3, -0.25) is 4.79 Å². The first-order valence-electron chi connectivity index (χ1n) is 8.19. The van der Waals surface area contributed by atoms with Crippen molar-refractivity contribution in [3.8, 4) is 0 Å². The van der Waals surface area contributed by atoms with E-state index in [0.29, 0.717) is 11.0 Å². The van der Waals surface area contributed by atoms with Gasteiger partial charge in [0.1, 0.15) is 11.6 Å². The number of hydrogen-bond donors (Lipinski definition) is 1. The number of aryl methyl sites for hydroxylation is 1. The second kappa shape index (κ2) is 6.80. The van der Waals surface area contributed by atoms with Crippen molar-refractivity contribution in [1.29, 1.82) is 0 Å². The molecule has 1 N–H and O–H groups in total. The summed E-state index contributed by atoms with van der Waals surface area (Å²) in [6, 6.07) is 11.2. The molecule has 4 rings (SSSR count). The predicted molar refractivity (Wildman–Crippen MR) is 99.0 cm³/mol. The van der Waals surface area contributed by atoms with E-state index < -0.39 is 0 Å². The van der Waals surface area contributed by atoms with Gasteiger partial charge in [0.25, 0.3) is 0 Å². The van der Waals surface area contributed by atoms with Crippen LogP contribution in [-0.2, 0) is 4.79 Å². The molecule has 3 heterocycles. The first-order chi connectivity index (χ1) is 12.6. The average molecular weight is 367 g/mol. The van der Waals surface area contributed by atoms with Crippen LogP contribution in [0.1, 0.15) is 24.6 Å². The molecule has 0 saturated carbocycles. The second-order valence-corrected chi connectivity index (χ2v) is 6.84. The standard InChI is InChI=1S/C18H17N5O2S/c1-11(15-8-5-9-25-15)19-16(24)10-26-18-21-14-7-4-3-6-13(14)17-20-12(2)22-23(17)18/h3-9,11H,10H2,1-2H3,(H,19,24). The number of thioether (sulfide) groups is 1. The SMILES string of the molecule is Cc1nc2c3ccccc3nc(SCC(=O)NC(C)c3ccco3)n2n1. The predicted octanol–water partition coefficient (Wildman–Crippen LogP) is 3.15. The number of amides is 1. The number of hydrogen-bond acceptors (Lipinski definition) is 6. The van der Waals surface area contributed by atoms with Crippen LogP contribution in [0, 0.1) is 6.92 Å². The van der Waals surface area contributed by atoms with Gasteiger partial charge in [-0.05, 0) is 38.1 Å². The van der Waals surface area contributed by atoms with Crippen LogP contribution < -0.4 is 5.32 Å². The molecule has 7 nitrogen and oxygen atoms in total. The summed E-state index contributed by atoms with van der Waals surface area (Å²) in [6.45, 7) is 3.72. The Balaban J connectivity index is 1.55. The number of benzene rings is 1. The zero-order chi connectivity index (χ0) is 18.1. The molecule has 1 atom stereocenters. The van der Waals surface area contributed by atoms with E-state index in [2.05, 4.69) is 20.4 Å². The number of carbonyl (C=O) groups is 1. The lowest BCUT2D eigenvalue weighted by Gasteiger charge is -2.11. The van der Waals surface area contributed by atoms with Gasteiger partial charge < -0.3 is 9.73 Å². The highest BCUT2D eigenvalue weighted by Gasteiger charge is 2.15. The Kier molecular flexibility index (Phi) is 4.34. The monoisotopic (exact) mass is 367 g/mol. The molecular weight excluding hydrogens is 350 g/mol. The molecule has 26 heavy (non-hydrogen) atoms. The van der Waals surface area contributed by atoms with E-state index in [4.69, 9.17) is 4.42 Å². The number of fused-ring (bicyclic) bond motifs is 3. The van der Waals surface area contributed by atoms with Crippen LogP contribution in [0.5, 0.6) is 0 Å². The van der Waals surface area contributed by atoms with Crippen LogP contribution in [0.3, 0.4) is 0 Å². The van der Waals surface area contributed by atoms with Crippen molar-refractivity contribution in [1.82, 2.24) is 24.9 Å². The molecule has 0 aliphatic rings. The molecule has 0 aliphatic heterocycles. The van der Waals surface area contributed by atoms with E-state index in [1.807, 2.05) is 44.2 Å². The Hall–Kier alpha value is -2.87. The molecule has 3 aromatic heterocycles. The minimum absolute atomic E-state index is 0.0983. The molecule has 0 radical (unpaired) electrons. The van der Waals surface area contributed by atoms with Crippen molar-refractivity contribution < 1.29 is 9.21 Å². The van der Waals surface area contributed by atoms with Crippen molar-refractivity contribution in [2.75, 3.05) is 5.75 Å². The van der Waals surface area contributed by atoms with E-state index >= 15 is 0 Å². The fraction of sp³-hybridized carbons (Fsp3) is 0.222. The molecular formula is C18H17N5O2S. The molecule has 1 unspecified atom stereocenters. The van der Waals surface area contributed by atoms with Crippen LogP contribution >= 0.6 is 11.8 Å². The fourth-order valence-electron chi connectivity index (χ4n) is 2.75. The number of carbonyl (C=O) groups excluding carboxylic acids is 1. The summed E-state index contributed by atoms with van der Waals surface area (Å²) in [6.07, 6.45) is 1.59. The number of para-hydroxylation sites is 1. The fourth-order valence-corrected chi connectivity index (χ4v) is 3.50. The Morgan fingerprint density at radius 1 is 1.27 bits per heavy atom. The largest absolute Gasteiger partial charge is 0.467 e. The average Bonchev–Trinajstić information content (AvgIpc) is 3.29. The maximum Gasteiger partial charge on any atom is 0.231 e. The third-order valence-corrected chi connectivity index (χ3v) is 4.86. The number of nitrogens with zero attached hydrogens (tertiary/aromatic N) is 4. The second-order valence-electron chi connectivity index (χ2n) is 5.90. The number of furan rings is 1. The summed E-state index contributed by atoms with van der Waals surface area (Å²) in [5.74, 6) is 1.52. The van der Waals surface area contributed by atoms with E-state index in [1.54, 1.807) is 16.8 Å². The lowest BCUT2D eigenvalue weighted by Crippen LogP contribution is -2.28. The van der Waals surface area contributed by atoms with Crippen molar-refractivity contribution in [3.05, 3.63) is 54.2 Å². The summed E-state index contributed by atoms with van der Waals surface area (Å²) >= 11 is 1.33. The van der Waals surface area contributed by atoms with E-state index in [9.17, 15) is 4.79 Å². The normalized spacial score (nSPS) is 12.5. The van der Waals surface area contributed by atoms with Crippen LogP contribution in [0.15, 0.2) is 52.2 Å². The van der Waals surface area contributed by atoms with Crippen molar-refractivity contribution in [3.63, 3.8) is 0 Å². The molecule has 0 spiro atoms. The Labute approximate surface area is 153 Å². The minimum atomic E-state index is -0.184. The maximum atomic E-state index is 12.3. The molecule has 0 aliphatic carbocycles. The molecule has 0 fully saturated rings. The molecule has 8 heteroatoms. The molecule has 1 aromatic carbocycles. The van der Waals surface area contributed by atoms with Crippen molar-refractivity contribution >= 4 is 34.2 Å². The Morgan fingerprint density at radius 2 is 2.12 bits per heavy atom. The zero-order valence-electron chi connectivity index (χ0n) is 14.3. The van der Waals surface area contributed by atoms with Gasteiger partial charge in [0.2, 0.25) is 5.91 Å². The van der Waals surface area contributed by atoms with Gasteiger partial charge in [0.05, 0.1) is 23.6 Å². The highest BCUT2D eigenvalue weighted by molar-refractivity contribution is 7.99. The van der Waals surface area contributed by atoms with Crippen LogP contribution in [-0.4, -0.2) is 31.2 Å². The van der Waals surface area contributed by atoms with E-state index in [-0.39, 0.29) is 17.7 Å². The highest BCUT2D eigenvalue weighted by atomic mass is 32.2.